The maximum atomic E-state index is 13.9. The van der Waals surface area contributed by atoms with Crippen molar-refractivity contribution in [1.29, 1.82) is 0 Å². The Bertz CT molecular complexity index is 1360. The Morgan fingerprint density at radius 2 is 1.82 bits per heavy atom. The molecule has 2 N–H and O–H groups in total. The van der Waals surface area contributed by atoms with Gasteiger partial charge in [0.05, 0.1) is 5.56 Å². The van der Waals surface area contributed by atoms with Gasteiger partial charge >= 0.3 is 6.18 Å². The van der Waals surface area contributed by atoms with Gasteiger partial charge in [-0.05, 0) is 34.9 Å². The zero-order chi connectivity index (χ0) is 23.8. The fourth-order valence-electron chi connectivity index (χ4n) is 3.62. The van der Waals surface area contributed by atoms with Gasteiger partial charge in [0.15, 0.2) is 12.1 Å². The average Bonchev–Trinajstić information content (AvgIpc) is 3.15. The molecule has 2 heterocycles. The number of aromatic nitrogens is 3. The van der Waals surface area contributed by atoms with E-state index in [-0.39, 0.29) is 17.8 Å². The van der Waals surface area contributed by atoms with Gasteiger partial charge in [0.2, 0.25) is 0 Å². The number of carbonyl (C=O) groups is 2. The Kier molecular flexibility index (Phi) is 5.67. The predicted octanol–water partition coefficient (Wildman–Crippen LogP) is 4.30. The van der Waals surface area contributed by atoms with Crippen molar-refractivity contribution in [3.8, 4) is 11.1 Å². The van der Waals surface area contributed by atoms with Crippen molar-refractivity contribution in [2.75, 3.05) is 5.73 Å². The van der Waals surface area contributed by atoms with Crippen LogP contribution in [-0.4, -0.2) is 26.7 Å². The van der Waals surface area contributed by atoms with E-state index in [1.54, 1.807) is 24.3 Å². The zero-order valence-corrected chi connectivity index (χ0v) is 16.9. The van der Waals surface area contributed by atoms with Crippen LogP contribution in [0.3, 0.4) is 0 Å². The molecule has 2 aromatic carbocycles. The van der Waals surface area contributed by atoms with E-state index in [2.05, 4.69) is 10.1 Å². The minimum atomic E-state index is -4.63. The summed E-state index contributed by atoms with van der Waals surface area (Å²) in [6.45, 7) is 0. The number of nitrogens with two attached hydrogens (primary N) is 1. The second-order valence-corrected chi connectivity index (χ2v) is 7.41. The molecule has 10 heteroatoms. The minimum Gasteiger partial charge on any atom is -0.382 e. The summed E-state index contributed by atoms with van der Waals surface area (Å²) < 4.78 is 54.0. The first-order valence-electron chi connectivity index (χ1n) is 9.71. The average molecular weight is 456 g/mol. The molecule has 0 atom stereocenters. The molecule has 0 amide bonds. The Morgan fingerprint density at radius 1 is 1.09 bits per heavy atom. The SMILES string of the molecule is Nc1ncnn2cc(C=O)c(-c3ccc(CC(=O)Cc4cc(C(F)(F)F)ccc4F)cc3)c12. The van der Waals surface area contributed by atoms with Gasteiger partial charge in [-0.3, -0.25) is 9.59 Å². The molecule has 0 saturated heterocycles. The topological polar surface area (TPSA) is 90.3 Å². The summed E-state index contributed by atoms with van der Waals surface area (Å²) in [7, 11) is 0. The normalized spacial score (nSPS) is 11.6. The van der Waals surface area contributed by atoms with Crippen LogP contribution in [0.1, 0.15) is 27.0 Å². The third-order valence-corrected chi connectivity index (χ3v) is 5.16. The molecular weight excluding hydrogens is 440 g/mol. The molecule has 2 aromatic heterocycles. The monoisotopic (exact) mass is 456 g/mol. The summed E-state index contributed by atoms with van der Waals surface area (Å²) in [5.74, 6) is -1.12. The number of carbonyl (C=O) groups excluding carboxylic acids is 2. The van der Waals surface area contributed by atoms with Crippen molar-refractivity contribution in [3.05, 3.63) is 83.1 Å². The number of nitrogens with zero attached hydrogens (tertiary/aromatic N) is 3. The lowest BCUT2D eigenvalue weighted by Crippen LogP contribution is -2.11. The zero-order valence-electron chi connectivity index (χ0n) is 16.9. The number of Topliss-reactive ketones (excluding diaryl/α,β-unsaturated/α-hetero) is 1. The van der Waals surface area contributed by atoms with Crippen LogP contribution in [-0.2, 0) is 23.8 Å². The summed E-state index contributed by atoms with van der Waals surface area (Å²) in [4.78, 5) is 27.9. The lowest BCUT2D eigenvalue weighted by molar-refractivity contribution is -0.137. The van der Waals surface area contributed by atoms with Gasteiger partial charge in [-0.25, -0.2) is 13.9 Å². The summed E-state index contributed by atoms with van der Waals surface area (Å²) in [6.07, 6.45) is -1.73. The number of aldehydes is 1. The van der Waals surface area contributed by atoms with Crippen LogP contribution in [0, 0.1) is 5.82 Å². The second-order valence-electron chi connectivity index (χ2n) is 7.41. The molecule has 6 nitrogen and oxygen atoms in total. The molecule has 168 valence electrons. The van der Waals surface area contributed by atoms with E-state index in [0.717, 1.165) is 0 Å². The van der Waals surface area contributed by atoms with Crippen molar-refractivity contribution in [2.24, 2.45) is 0 Å². The molecule has 4 aromatic rings. The molecule has 0 spiro atoms. The Labute approximate surface area is 184 Å². The molecule has 0 aliphatic rings. The summed E-state index contributed by atoms with van der Waals surface area (Å²) in [5, 5.41) is 4.04. The van der Waals surface area contributed by atoms with E-state index in [9.17, 15) is 27.2 Å². The molecule has 0 unspecified atom stereocenters. The predicted molar refractivity (Wildman–Crippen MR) is 112 cm³/mol. The largest absolute Gasteiger partial charge is 0.416 e. The molecule has 0 radical (unpaired) electrons. The number of fused-ring (bicyclic) bond motifs is 1. The van der Waals surface area contributed by atoms with Crippen LogP contribution in [0.15, 0.2) is 55.0 Å². The molecule has 0 saturated carbocycles. The summed E-state index contributed by atoms with van der Waals surface area (Å²) >= 11 is 0. The standard InChI is InChI=1S/C23H16F4N4O2/c24-19-6-5-17(23(25,26)27)8-15(19)9-18(33)7-13-1-3-14(4-2-13)20-16(11-32)10-31-21(20)22(28)29-12-30-31/h1-6,8,10-12H,7,9H2,(H2,28,29,30). The lowest BCUT2D eigenvalue weighted by atomic mass is 9.98. The van der Waals surface area contributed by atoms with Crippen molar-refractivity contribution in [3.63, 3.8) is 0 Å². The van der Waals surface area contributed by atoms with E-state index >= 15 is 0 Å². The van der Waals surface area contributed by atoms with Crippen molar-refractivity contribution in [1.82, 2.24) is 14.6 Å². The Balaban J connectivity index is 1.56. The van der Waals surface area contributed by atoms with E-state index in [4.69, 9.17) is 5.73 Å². The highest BCUT2D eigenvalue weighted by molar-refractivity contribution is 5.99. The first-order chi connectivity index (χ1) is 15.7. The van der Waals surface area contributed by atoms with E-state index in [1.807, 2.05) is 0 Å². The van der Waals surface area contributed by atoms with Gasteiger partial charge in [0, 0.05) is 30.2 Å². The number of alkyl halides is 3. The highest BCUT2D eigenvalue weighted by Crippen LogP contribution is 2.32. The molecule has 0 aliphatic carbocycles. The third-order valence-electron chi connectivity index (χ3n) is 5.16. The van der Waals surface area contributed by atoms with Crippen LogP contribution in [0.2, 0.25) is 0 Å². The van der Waals surface area contributed by atoms with Crippen LogP contribution < -0.4 is 5.73 Å². The lowest BCUT2D eigenvalue weighted by Gasteiger charge is -2.10. The van der Waals surface area contributed by atoms with Crippen molar-refractivity contribution >= 4 is 23.4 Å². The Hall–Kier alpha value is -4.08. The van der Waals surface area contributed by atoms with Gasteiger partial charge in [0.25, 0.3) is 0 Å². The van der Waals surface area contributed by atoms with Gasteiger partial charge < -0.3 is 5.73 Å². The smallest absolute Gasteiger partial charge is 0.382 e. The number of halogens is 4. The highest BCUT2D eigenvalue weighted by Gasteiger charge is 2.31. The second kappa shape index (κ2) is 8.45. The molecule has 4 rings (SSSR count). The number of nitrogen functional groups attached to an aromatic ring is 1. The molecular formula is C23H16F4N4O2. The Morgan fingerprint density at radius 3 is 2.48 bits per heavy atom. The molecule has 0 fully saturated rings. The van der Waals surface area contributed by atoms with Crippen LogP contribution in [0.5, 0.6) is 0 Å². The van der Waals surface area contributed by atoms with Crippen molar-refractivity contribution < 1.29 is 27.2 Å². The number of ketones is 1. The first-order valence-corrected chi connectivity index (χ1v) is 9.71. The number of anilines is 1. The van der Waals surface area contributed by atoms with Crippen molar-refractivity contribution in [2.45, 2.75) is 19.0 Å². The quantitative estimate of drug-likeness (QED) is 0.345. The van der Waals surface area contributed by atoms with Crippen LogP contribution in [0.4, 0.5) is 23.4 Å². The van der Waals surface area contributed by atoms with Crippen LogP contribution >= 0.6 is 0 Å². The van der Waals surface area contributed by atoms with E-state index in [1.165, 1.54) is 17.0 Å². The summed E-state index contributed by atoms with van der Waals surface area (Å²) in [5.41, 5.74) is 7.20. The number of hydrogen-bond donors (Lipinski definition) is 1. The highest BCUT2D eigenvalue weighted by atomic mass is 19.4. The third kappa shape index (κ3) is 4.45. The molecule has 0 bridgehead atoms. The fraction of sp³-hybridized carbons (Fsp3) is 0.130. The van der Waals surface area contributed by atoms with Gasteiger partial charge in [0.1, 0.15) is 23.4 Å². The van der Waals surface area contributed by atoms with Gasteiger partial charge in [-0.2, -0.15) is 18.3 Å². The first kappa shape index (κ1) is 22.1. The maximum Gasteiger partial charge on any atom is 0.416 e. The fourth-order valence-corrected chi connectivity index (χ4v) is 3.62. The number of hydrogen-bond acceptors (Lipinski definition) is 5. The minimum absolute atomic E-state index is 0.0989. The number of benzene rings is 2. The van der Waals surface area contributed by atoms with Crippen LogP contribution in [0.25, 0.3) is 16.6 Å². The summed E-state index contributed by atoms with van der Waals surface area (Å²) in [6, 6.07) is 8.66. The van der Waals surface area contributed by atoms with Gasteiger partial charge in [-0.15, -0.1) is 0 Å². The van der Waals surface area contributed by atoms with E-state index < -0.39 is 29.8 Å². The molecule has 33 heavy (non-hydrogen) atoms. The van der Waals surface area contributed by atoms with E-state index in [0.29, 0.717) is 52.3 Å². The molecule has 0 aliphatic heterocycles. The maximum absolute atomic E-state index is 13.9. The number of rotatable bonds is 6. The van der Waals surface area contributed by atoms with Gasteiger partial charge in [-0.1, -0.05) is 24.3 Å².